The smallest absolute Gasteiger partial charge is 0.0664 e. The van der Waals surface area contributed by atoms with Crippen molar-refractivity contribution < 1.29 is 4.74 Å². The van der Waals surface area contributed by atoms with E-state index in [0.717, 1.165) is 24.4 Å². The Kier molecular flexibility index (Phi) is 6.30. The Morgan fingerprint density at radius 3 is 2.33 bits per heavy atom. The van der Waals surface area contributed by atoms with Crippen LogP contribution in [-0.4, -0.2) is 24.2 Å². The SMILES string of the molecule is CCCNC(COC(C)C)c1cc(C)nc(C)c1. The lowest BCUT2D eigenvalue weighted by Gasteiger charge is -2.21. The maximum absolute atomic E-state index is 5.75. The largest absolute Gasteiger partial charge is 0.377 e. The quantitative estimate of drug-likeness (QED) is 0.807. The fourth-order valence-electron chi connectivity index (χ4n) is 1.95. The predicted octanol–water partition coefficient (Wildman–Crippen LogP) is 3.16. The van der Waals surface area contributed by atoms with Crippen molar-refractivity contribution in [3.8, 4) is 0 Å². The lowest BCUT2D eigenvalue weighted by molar-refractivity contribution is 0.0611. The maximum Gasteiger partial charge on any atom is 0.0664 e. The van der Waals surface area contributed by atoms with Gasteiger partial charge in [0.05, 0.1) is 18.8 Å². The van der Waals surface area contributed by atoms with Crippen molar-refractivity contribution in [2.75, 3.05) is 13.2 Å². The number of pyridine rings is 1. The molecule has 0 aliphatic heterocycles. The topological polar surface area (TPSA) is 34.1 Å². The van der Waals surface area contributed by atoms with Gasteiger partial charge in [-0.2, -0.15) is 0 Å². The summed E-state index contributed by atoms with van der Waals surface area (Å²) in [6.07, 6.45) is 1.39. The highest BCUT2D eigenvalue weighted by Gasteiger charge is 2.12. The van der Waals surface area contributed by atoms with Gasteiger partial charge in [-0.15, -0.1) is 0 Å². The monoisotopic (exact) mass is 250 g/mol. The molecule has 3 nitrogen and oxygen atoms in total. The van der Waals surface area contributed by atoms with Crippen LogP contribution < -0.4 is 5.32 Å². The van der Waals surface area contributed by atoms with Crippen LogP contribution in [0.3, 0.4) is 0 Å². The second kappa shape index (κ2) is 7.49. The number of hydrogen-bond donors (Lipinski definition) is 1. The van der Waals surface area contributed by atoms with E-state index in [1.807, 2.05) is 13.8 Å². The molecule has 0 aromatic carbocycles. The van der Waals surface area contributed by atoms with Gasteiger partial charge < -0.3 is 10.1 Å². The summed E-state index contributed by atoms with van der Waals surface area (Å²) in [4.78, 5) is 4.42. The van der Waals surface area contributed by atoms with E-state index in [2.05, 4.69) is 43.2 Å². The van der Waals surface area contributed by atoms with Crippen LogP contribution in [0, 0.1) is 13.8 Å². The predicted molar refractivity (Wildman–Crippen MR) is 75.8 cm³/mol. The molecule has 0 amide bonds. The molecule has 1 atom stereocenters. The van der Waals surface area contributed by atoms with Crippen molar-refractivity contribution in [3.05, 3.63) is 29.1 Å². The molecule has 0 aliphatic carbocycles. The molecule has 0 bridgehead atoms. The van der Waals surface area contributed by atoms with Gasteiger partial charge in [0.15, 0.2) is 0 Å². The highest BCUT2D eigenvalue weighted by Crippen LogP contribution is 2.16. The van der Waals surface area contributed by atoms with Gasteiger partial charge in [-0.05, 0) is 58.4 Å². The normalized spacial score (nSPS) is 13.0. The number of aryl methyl sites for hydroxylation is 2. The van der Waals surface area contributed by atoms with Gasteiger partial charge in [-0.1, -0.05) is 6.92 Å². The molecule has 3 heteroatoms. The Hall–Kier alpha value is -0.930. The van der Waals surface area contributed by atoms with Gasteiger partial charge in [0.25, 0.3) is 0 Å². The first-order chi connectivity index (χ1) is 8.52. The first-order valence-corrected chi connectivity index (χ1v) is 6.83. The van der Waals surface area contributed by atoms with Crippen molar-refractivity contribution in [2.24, 2.45) is 0 Å². The molecule has 1 unspecified atom stereocenters. The van der Waals surface area contributed by atoms with E-state index in [-0.39, 0.29) is 12.1 Å². The third-order valence-electron chi connectivity index (χ3n) is 2.74. The van der Waals surface area contributed by atoms with Crippen molar-refractivity contribution >= 4 is 0 Å². The van der Waals surface area contributed by atoms with Crippen molar-refractivity contribution in [3.63, 3.8) is 0 Å². The molecule has 1 N–H and O–H groups in total. The second-order valence-electron chi connectivity index (χ2n) is 5.07. The first kappa shape index (κ1) is 15.1. The Bertz CT molecular complexity index is 343. The van der Waals surface area contributed by atoms with E-state index < -0.39 is 0 Å². The molecule has 18 heavy (non-hydrogen) atoms. The molecule has 102 valence electrons. The minimum atomic E-state index is 0.257. The van der Waals surface area contributed by atoms with Crippen molar-refractivity contribution in [1.29, 1.82) is 0 Å². The molecule has 1 heterocycles. The number of nitrogens with zero attached hydrogens (tertiary/aromatic N) is 1. The molecule has 1 aromatic heterocycles. The molecule has 0 aliphatic rings. The van der Waals surface area contributed by atoms with E-state index in [9.17, 15) is 0 Å². The molecule has 0 fully saturated rings. The number of hydrogen-bond acceptors (Lipinski definition) is 3. The molecular weight excluding hydrogens is 224 g/mol. The van der Waals surface area contributed by atoms with Gasteiger partial charge in [0.2, 0.25) is 0 Å². The van der Waals surface area contributed by atoms with E-state index in [1.165, 1.54) is 5.56 Å². The molecule has 0 radical (unpaired) electrons. The summed E-state index contributed by atoms with van der Waals surface area (Å²) in [6, 6.07) is 4.54. The number of nitrogens with one attached hydrogen (secondary N) is 1. The summed E-state index contributed by atoms with van der Waals surface area (Å²) in [5.41, 5.74) is 3.41. The molecular formula is C15H26N2O. The molecule has 0 spiro atoms. The van der Waals surface area contributed by atoms with Gasteiger partial charge in [0.1, 0.15) is 0 Å². The molecule has 0 saturated carbocycles. The van der Waals surface area contributed by atoms with E-state index in [4.69, 9.17) is 4.74 Å². The Morgan fingerprint density at radius 2 is 1.83 bits per heavy atom. The second-order valence-corrected chi connectivity index (χ2v) is 5.07. The third-order valence-corrected chi connectivity index (χ3v) is 2.74. The van der Waals surface area contributed by atoms with E-state index >= 15 is 0 Å². The van der Waals surface area contributed by atoms with Crippen LogP contribution in [0.15, 0.2) is 12.1 Å². The van der Waals surface area contributed by atoms with Gasteiger partial charge in [-0.3, -0.25) is 4.98 Å². The summed E-state index contributed by atoms with van der Waals surface area (Å²) in [5.74, 6) is 0. The van der Waals surface area contributed by atoms with Gasteiger partial charge in [-0.25, -0.2) is 0 Å². The van der Waals surface area contributed by atoms with Crippen LogP contribution >= 0.6 is 0 Å². The maximum atomic E-state index is 5.75. The first-order valence-electron chi connectivity index (χ1n) is 6.83. The zero-order valence-corrected chi connectivity index (χ0v) is 12.3. The van der Waals surface area contributed by atoms with Crippen LogP contribution in [0.1, 0.15) is 50.2 Å². The minimum Gasteiger partial charge on any atom is -0.377 e. The lowest BCUT2D eigenvalue weighted by atomic mass is 10.1. The average molecular weight is 250 g/mol. The van der Waals surface area contributed by atoms with Gasteiger partial charge >= 0.3 is 0 Å². The van der Waals surface area contributed by atoms with Gasteiger partial charge in [0, 0.05) is 11.4 Å². The van der Waals surface area contributed by atoms with Crippen molar-refractivity contribution in [1.82, 2.24) is 10.3 Å². The summed E-state index contributed by atoms with van der Waals surface area (Å²) in [6.45, 7) is 12.1. The minimum absolute atomic E-state index is 0.257. The van der Waals surface area contributed by atoms with Crippen LogP contribution in [0.5, 0.6) is 0 Å². The fraction of sp³-hybridized carbons (Fsp3) is 0.667. The standard InChI is InChI=1S/C15H26N2O/c1-6-7-16-15(10-18-11(2)3)14-8-12(4)17-13(5)9-14/h8-9,11,15-16H,6-7,10H2,1-5H3. The zero-order valence-electron chi connectivity index (χ0n) is 12.3. The number of aromatic nitrogens is 1. The number of rotatable bonds is 7. The van der Waals surface area contributed by atoms with Crippen LogP contribution in [0.4, 0.5) is 0 Å². The van der Waals surface area contributed by atoms with Crippen LogP contribution in [0.25, 0.3) is 0 Å². The number of ether oxygens (including phenoxy) is 1. The average Bonchev–Trinajstić information content (AvgIpc) is 2.27. The van der Waals surface area contributed by atoms with Crippen LogP contribution in [-0.2, 0) is 4.74 Å². The van der Waals surface area contributed by atoms with E-state index in [1.54, 1.807) is 0 Å². The Morgan fingerprint density at radius 1 is 1.22 bits per heavy atom. The van der Waals surface area contributed by atoms with Crippen molar-refractivity contribution in [2.45, 2.75) is 53.2 Å². The molecule has 0 saturated heterocycles. The highest BCUT2D eigenvalue weighted by atomic mass is 16.5. The summed E-state index contributed by atoms with van der Waals surface area (Å²) in [7, 11) is 0. The summed E-state index contributed by atoms with van der Waals surface area (Å²) >= 11 is 0. The Labute approximate surface area is 111 Å². The zero-order chi connectivity index (χ0) is 13.5. The summed E-state index contributed by atoms with van der Waals surface area (Å²) in [5, 5.41) is 3.54. The summed E-state index contributed by atoms with van der Waals surface area (Å²) < 4.78 is 5.75. The van der Waals surface area contributed by atoms with E-state index in [0.29, 0.717) is 6.61 Å². The molecule has 1 rings (SSSR count). The molecule has 1 aromatic rings. The highest BCUT2D eigenvalue weighted by molar-refractivity contribution is 5.23. The Balaban J connectivity index is 2.79. The third kappa shape index (κ3) is 5.15. The fourth-order valence-corrected chi connectivity index (χ4v) is 1.95. The lowest BCUT2D eigenvalue weighted by Crippen LogP contribution is -2.27. The van der Waals surface area contributed by atoms with Crippen LogP contribution in [0.2, 0.25) is 0 Å².